The predicted octanol–water partition coefficient (Wildman–Crippen LogP) is 1.32. The molecule has 0 spiro atoms. The van der Waals surface area contributed by atoms with Gasteiger partial charge < -0.3 is 10.2 Å². The first-order chi connectivity index (χ1) is 9.36. The summed E-state index contributed by atoms with van der Waals surface area (Å²) in [6.45, 7) is 3.23. The van der Waals surface area contributed by atoms with Gasteiger partial charge in [0.15, 0.2) is 0 Å². The van der Waals surface area contributed by atoms with Crippen LogP contribution in [0, 0.1) is 17.2 Å². The molecule has 1 saturated heterocycles. The minimum absolute atomic E-state index is 0.456. The molecule has 3 rings (SSSR count). The third kappa shape index (κ3) is 3.02. The Morgan fingerprint density at radius 2 is 2.32 bits per heavy atom. The average molecular weight is 257 g/mol. The molecule has 19 heavy (non-hydrogen) atoms. The Labute approximate surface area is 113 Å². The molecular formula is C14H19N5. The molecule has 0 aromatic carbocycles. The van der Waals surface area contributed by atoms with Crippen LogP contribution in [0.4, 0.5) is 5.95 Å². The molecule has 1 aromatic rings. The van der Waals surface area contributed by atoms with Crippen LogP contribution in [0.5, 0.6) is 0 Å². The van der Waals surface area contributed by atoms with Crippen LogP contribution in [0.15, 0.2) is 12.3 Å². The van der Waals surface area contributed by atoms with Crippen LogP contribution in [-0.2, 0) is 0 Å². The van der Waals surface area contributed by atoms with Crippen molar-refractivity contribution in [3.05, 3.63) is 18.0 Å². The van der Waals surface area contributed by atoms with Gasteiger partial charge in [0.1, 0.15) is 11.8 Å². The first-order valence-corrected chi connectivity index (χ1v) is 7.07. The molecule has 5 nitrogen and oxygen atoms in total. The van der Waals surface area contributed by atoms with E-state index in [1.165, 1.54) is 25.7 Å². The van der Waals surface area contributed by atoms with Crippen molar-refractivity contribution in [1.29, 1.82) is 5.26 Å². The van der Waals surface area contributed by atoms with Crippen LogP contribution in [0.1, 0.15) is 31.4 Å². The number of rotatable bonds is 4. The van der Waals surface area contributed by atoms with Gasteiger partial charge in [-0.05, 0) is 50.8 Å². The fourth-order valence-corrected chi connectivity index (χ4v) is 2.69. The van der Waals surface area contributed by atoms with Gasteiger partial charge in [-0.25, -0.2) is 9.97 Å². The fraction of sp³-hybridized carbons (Fsp3) is 0.643. The van der Waals surface area contributed by atoms with E-state index < -0.39 is 0 Å². The van der Waals surface area contributed by atoms with Crippen molar-refractivity contribution < 1.29 is 0 Å². The number of aromatic nitrogens is 2. The largest absolute Gasteiger partial charge is 0.337 e. The first-order valence-electron chi connectivity index (χ1n) is 7.07. The van der Waals surface area contributed by atoms with Gasteiger partial charge in [-0.2, -0.15) is 5.26 Å². The fourth-order valence-electron chi connectivity index (χ4n) is 2.69. The molecule has 1 aliphatic heterocycles. The van der Waals surface area contributed by atoms with Crippen molar-refractivity contribution in [3.8, 4) is 6.07 Å². The number of nitriles is 1. The number of hydrogen-bond donors (Lipinski definition) is 1. The SMILES string of the molecule is N#Cc1ccnc(N(CC2CCCNC2)C2CC2)n1. The summed E-state index contributed by atoms with van der Waals surface area (Å²) in [5.41, 5.74) is 0.456. The summed E-state index contributed by atoms with van der Waals surface area (Å²) in [5, 5.41) is 12.4. The lowest BCUT2D eigenvalue weighted by molar-refractivity contribution is 0.374. The van der Waals surface area contributed by atoms with Gasteiger partial charge in [-0.1, -0.05) is 0 Å². The van der Waals surface area contributed by atoms with E-state index in [-0.39, 0.29) is 0 Å². The van der Waals surface area contributed by atoms with Crippen molar-refractivity contribution in [2.75, 3.05) is 24.5 Å². The van der Waals surface area contributed by atoms with E-state index in [1.807, 2.05) is 0 Å². The molecule has 0 bridgehead atoms. The highest BCUT2D eigenvalue weighted by atomic mass is 15.3. The van der Waals surface area contributed by atoms with Gasteiger partial charge in [0, 0.05) is 18.8 Å². The van der Waals surface area contributed by atoms with Crippen molar-refractivity contribution in [1.82, 2.24) is 15.3 Å². The average Bonchev–Trinajstić information content (AvgIpc) is 3.30. The molecule has 100 valence electrons. The Hall–Kier alpha value is -1.67. The highest BCUT2D eigenvalue weighted by Crippen LogP contribution is 2.31. The Kier molecular flexibility index (Phi) is 3.60. The maximum atomic E-state index is 8.95. The zero-order valence-electron chi connectivity index (χ0n) is 11.0. The summed E-state index contributed by atoms with van der Waals surface area (Å²) in [6.07, 6.45) is 6.66. The summed E-state index contributed by atoms with van der Waals surface area (Å²) in [7, 11) is 0. The Balaban J connectivity index is 1.74. The van der Waals surface area contributed by atoms with Gasteiger partial charge in [-0.15, -0.1) is 0 Å². The summed E-state index contributed by atoms with van der Waals surface area (Å²) in [4.78, 5) is 11.0. The van der Waals surface area contributed by atoms with Crippen LogP contribution in [0.2, 0.25) is 0 Å². The van der Waals surface area contributed by atoms with Crippen molar-refractivity contribution in [2.45, 2.75) is 31.7 Å². The molecule has 1 N–H and O–H groups in total. The van der Waals surface area contributed by atoms with E-state index in [0.29, 0.717) is 17.7 Å². The lowest BCUT2D eigenvalue weighted by Gasteiger charge is -2.30. The summed E-state index contributed by atoms with van der Waals surface area (Å²) >= 11 is 0. The lowest BCUT2D eigenvalue weighted by Crippen LogP contribution is -2.40. The van der Waals surface area contributed by atoms with E-state index in [1.54, 1.807) is 12.3 Å². The molecule has 2 fully saturated rings. The number of nitrogens with one attached hydrogen (secondary N) is 1. The molecule has 2 aliphatic rings. The number of piperidine rings is 1. The summed E-state index contributed by atoms with van der Waals surface area (Å²) < 4.78 is 0. The lowest BCUT2D eigenvalue weighted by atomic mass is 9.99. The third-order valence-corrected chi connectivity index (χ3v) is 3.86. The quantitative estimate of drug-likeness (QED) is 0.881. The second-order valence-electron chi connectivity index (χ2n) is 5.45. The second-order valence-corrected chi connectivity index (χ2v) is 5.45. The monoisotopic (exact) mass is 257 g/mol. The van der Waals surface area contributed by atoms with E-state index in [4.69, 9.17) is 5.26 Å². The van der Waals surface area contributed by atoms with Crippen molar-refractivity contribution >= 4 is 5.95 Å². The van der Waals surface area contributed by atoms with Gasteiger partial charge in [0.05, 0.1) is 0 Å². The number of hydrogen-bond acceptors (Lipinski definition) is 5. The third-order valence-electron chi connectivity index (χ3n) is 3.86. The predicted molar refractivity (Wildman–Crippen MR) is 72.7 cm³/mol. The molecule has 2 heterocycles. The number of nitrogens with zero attached hydrogens (tertiary/aromatic N) is 4. The maximum Gasteiger partial charge on any atom is 0.226 e. The van der Waals surface area contributed by atoms with Crippen molar-refractivity contribution in [3.63, 3.8) is 0 Å². The second kappa shape index (κ2) is 5.54. The van der Waals surface area contributed by atoms with E-state index >= 15 is 0 Å². The van der Waals surface area contributed by atoms with Crippen LogP contribution in [0.25, 0.3) is 0 Å². The van der Waals surface area contributed by atoms with E-state index in [0.717, 1.165) is 25.6 Å². The van der Waals surface area contributed by atoms with Crippen LogP contribution in [0.3, 0.4) is 0 Å². The van der Waals surface area contributed by atoms with Gasteiger partial charge in [0.25, 0.3) is 0 Å². The van der Waals surface area contributed by atoms with E-state index in [2.05, 4.69) is 26.3 Å². The normalized spacial score (nSPS) is 22.8. The van der Waals surface area contributed by atoms with Crippen LogP contribution in [-0.4, -0.2) is 35.6 Å². The van der Waals surface area contributed by atoms with Crippen molar-refractivity contribution in [2.24, 2.45) is 5.92 Å². The Morgan fingerprint density at radius 3 is 3.00 bits per heavy atom. The highest BCUT2D eigenvalue weighted by molar-refractivity contribution is 5.37. The summed E-state index contributed by atoms with van der Waals surface area (Å²) in [6, 6.07) is 4.34. The Bertz CT molecular complexity index is 471. The standard InChI is InChI=1S/C14H19N5/c15-8-12-5-7-17-14(18-12)19(13-3-4-13)10-11-2-1-6-16-9-11/h5,7,11,13,16H,1-4,6,9-10H2. The first kappa shape index (κ1) is 12.4. The molecule has 0 radical (unpaired) electrons. The molecule has 1 aromatic heterocycles. The van der Waals surface area contributed by atoms with Gasteiger partial charge in [0.2, 0.25) is 5.95 Å². The van der Waals surface area contributed by atoms with Gasteiger partial charge in [-0.3, -0.25) is 0 Å². The zero-order valence-corrected chi connectivity index (χ0v) is 11.0. The molecule has 0 amide bonds. The van der Waals surface area contributed by atoms with Crippen LogP contribution < -0.4 is 10.2 Å². The highest BCUT2D eigenvalue weighted by Gasteiger charge is 2.32. The van der Waals surface area contributed by atoms with E-state index in [9.17, 15) is 0 Å². The maximum absolute atomic E-state index is 8.95. The number of anilines is 1. The molecule has 1 aliphatic carbocycles. The Morgan fingerprint density at radius 1 is 1.42 bits per heavy atom. The van der Waals surface area contributed by atoms with Crippen LogP contribution >= 0.6 is 0 Å². The van der Waals surface area contributed by atoms with Gasteiger partial charge >= 0.3 is 0 Å². The molecule has 5 heteroatoms. The zero-order chi connectivity index (χ0) is 13.1. The minimum Gasteiger partial charge on any atom is -0.337 e. The topological polar surface area (TPSA) is 64.8 Å². The summed E-state index contributed by atoms with van der Waals surface area (Å²) in [5.74, 6) is 1.40. The molecular weight excluding hydrogens is 238 g/mol. The molecule has 1 unspecified atom stereocenters. The molecule has 1 saturated carbocycles. The molecule has 1 atom stereocenters. The smallest absolute Gasteiger partial charge is 0.226 e. The minimum atomic E-state index is 0.456.